The number of hydrogen-bond acceptors (Lipinski definition) is 4. The lowest BCUT2D eigenvalue weighted by molar-refractivity contribution is -0.138. The van der Waals surface area contributed by atoms with Gasteiger partial charge in [-0.1, -0.05) is 18.2 Å². The fourth-order valence-electron chi connectivity index (χ4n) is 2.43. The Morgan fingerprint density at radius 2 is 2.09 bits per heavy atom. The van der Waals surface area contributed by atoms with E-state index in [0.717, 1.165) is 13.1 Å². The molecular weight excluding hydrogens is 318 g/mol. The summed E-state index contributed by atoms with van der Waals surface area (Å²) in [5.41, 5.74) is 0. The SMILES string of the molecule is CC(NC(=O)COc1ccccc1)C(=O)N1CCNC[C@@H]1C.Cl. The molecule has 0 bridgehead atoms. The van der Waals surface area contributed by atoms with Gasteiger partial charge in [0.1, 0.15) is 11.8 Å². The monoisotopic (exact) mass is 341 g/mol. The highest BCUT2D eigenvalue weighted by Gasteiger charge is 2.27. The van der Waals surface area contributed by atoms with E-state index in [9.17, 15) is 9.59 Å². The van der Waals surface area contributed by atoms with Gasteiger partial charge in [-0.2, -0.15) is 0 Å². The van der Waals surface area contributed by atoms with Crippen LogP contribution >= 0.6 is 12.4 Å². The Hall–Kier alpha value is -1.79. The van der Waals surface area contributed by atoms with E-state index < -0.39 is 6.04 Å². The van der Waals surface area contributed by atoms with E-state index in [1.807, 2.05) is 25.1 Å². The zero-order valence-corrected chi connectivity index (χ0v) is 14.3. The molecule has 2 amide bonds. The molecule has 1 aliphatic rings. The molecule has 1 aromatic rings. The number of ether oxygens (including phenoxy) is 1. The molecule has 7 heteroatoms. The van der Waals surface area contributed by atoms with Gasteiger partial charge in [0.15, 0.2) is 6.61 Å². The third-order valence-corrected chi connectivity index (χ3v) is 3.65. The van der Waals surface area contributed by atoms with Gasteiger partial charge in [-0.3, -0.25) is 9.59 Å². The number of para-hydroxylation sites is 1. The second kappa shape index (κ2) is 9.37. The number of nitrogens with one attached hydrogen (secondary N) is 2. The summed E-state index contributed by atoms with van der Waals surface area (Å²) in [6.45, 7) is 5.84. The molecule has 2 N–H and O–H groups in total. The van der Waals surface area contributed by atoms with Gasteiger partial charge in [-0.05, 0) is 26.0 Å². The molecule has 1 saturated heterocycles. The Balaban J connectivity index is 0.00000264. The van der Waals surface area contributed by atoms with E-state index >= 15 is 0 Å². The number of halogens is 1. The second-order valence-electron chi connectivity index (χ2n) is 5.48. The first kappa shape index (κ1) is 19.3. The highest BCUT2D eigenvalue weighted by Crippen LogP contribution is 2.08. The van der Waals surface area contributed by atoms with Gasteiger partial charge in [-0.25, -0.2) is 0 Å². The summed E-state index contributed by atoms with van der Waals surface area (Å²) in [6, 6.07) is 8.71. The van der Waals surface area contributed by atoms with Gasteiger partial charge in [0.05, 0.1) is 0 Å². The predicted octanol–water partition coefficient (Wildman–Crippen LogP) is 0.812. The molecule has 2 rings (SSSR count). The number of rotatable bonds is 5. The number of piperazine rings is 1. The van der Waals surface area contributed by atoms with Crippen LogP contribution in [0, 0.1) is 0 Å². The van der Waals surface area contributed by atoms with Gasteiger partial charge < -0.3 is 20.3 Å². The maximum absolute atomic E-state index is 12.4. The topological polar surface area (TPSA) is 70.7 Å². The van der Waals surface area contributed by atoms with E-state index in [1.54, 1.807) is 24.0 Å². The van der Waals surface area contributed by atoms with Crippen LogP contribution in [0.1, 0.15) is 13.8 Å². The lowest BCUT2D eigenvalue weighted by Crippen LogP contribution is -2.57. The van der Waals surface area contributed by atoms with Gasteiger partial charge in [0, 0.05) is 25.7 Å². The van der Waals surface area contributed by atoms with Crippen LogP contribution in [0.2, 0.25) is 0 Å². The third-order valence-electron chi connectivity index (χ3n) is 3.65. The van der Waals surface area contributed by atoms with Crippen molar-refractivity contribution >= 4 is 24.2 Å². The zero-order chi connectivity index (χ0) is 15.9. The average Bonchev–Trinajstić information content (AvgIpc) is 2.53. The average molecular weight is 342 g/mol. The van der Waals surface area contributed by atoms with Crippen LogP contribution in [-0.4, -0.2) is 55.0 Å². The maximum Gasteiger partial charge on any atom is 0.258 e. The standard InChI is InChI=1S/C16H23N3O3.ClH/c1-12-10-17-8-9-19(12)16(21)13(2)18-15(20)11-22-14-6-4-3-5-7-14;/h3-7,12-13,17H,8-11H2,1-2H3,(H,18,20);1H/t12-,13?;/m0./s1. The largest absolute Gasteiger partial charge is 0.484 e. The van der Waals surface area contributed by atoms with Gasteiger partial charge in [0.2, 0.25) is 5.91 Å². The van der Waals surface area contributed by atoms with Crippen LogP contribution in [0.25, 0.3) is 0 Å². The van der Waals surface area contributed by atoms with Crippen molar-refractivity contribution in [2.45, 2.75) is 25.9 Å². The Kier molecular flexibility index (Phi) is 7.85. The first-order chi connectivity index (χ1) is 10.6. The predicted molar refractivity (Wildman–Crippen MR) is 90.8 cm³/mol. The molecule has 1 aliphatic heterocycles. The minimum absolute atomic E-state index is 0. The normalized spacial score (nSPS) is 18.5. The first-order valence-electron chi connectivity index (χ1n) is 7.56. The maximum atomic E-state index is 12.4. The third kappa shape index (κ3) is 5.73. The van der Waals surface area contributed by atoms with E-state index in [4.69, 9.17) is 4.74 Å². The lowest BCUT2D eigenvalue weighted by atomic mass is 10.1. The van der Waals surface area contributed by atoms with Crippen molar-refractivity contribution in [1.29, 1.82) is 0 Å². The van der Waals surface area contributed by atoms with Crippen LogP contribution in [0.5, 0.6) is 5.75 Å². The highest BCUT2D eigenvalue weighted by atomic mass is 35.5. The summed E-state index contributed by atoms with van der Waals surface area (Å²) in [5.74, 6) is 0.280. The van der Waals surface area contributed by atoms with Crippen molar-refractivity contribution < 1.29 is 14.3 Å². The van der Waals surface area contributed by atoms with E-state index in [1.165, 1.54) is 0 Å². The Morgan fingerprint density at radius 1 is 1.39 bits per heavy atom. The second-order valence-corrected chi connectivity index (χ2v) is 5.48. The quantitative estimate of drug-likeness (QED) is 0.831. The van der Waals surface area contributed by atoms with E-state index in [0.29, 0.717) is 12.3 Å². The molecule has 1 heterocycles. The molecule has 1 aromatic carbocycles. The first-order valence-corrected chi connectivity index (χ1v) is 7.56. The van der Waals surface area contributed by atoms with Crippen molar-refractivity contribution in [3.05, 3.63) is 30.3 Å². The minimum Gasteiger partial charge on any atom is -0.484 e. The molecule has 128 valence electrons. The Labute approximate surface area is 143 Å². The summed E-state index contributed by atoms with van der Waals surface area (Å²) in [6.07, 6.45) is 0. The Morgan fingerprint density at radius 3 is 2.74 bits per heavy atom. The Bertz CT molecular complexity index is 513. The summed E-state index contributed by atoms with van der Waals surface area (Å²) in [5, 5.41) is 5.93. The fourth-order valence-corrected chi connectivity index (χ4v) is 2.43. The summed E-state index contributed by atoms with van der Waals surface area (Å²) in [4.78, 5) is 26.0. The highest BCUT2D eigenvalue weighted by molar-refractivity contribution is 5.88. The van der Waals surface area contributed by atoms with Gasteiger partial charge in [-0.15, -0.1) is 12.4 Å². The van der Waals surface area contributed by atoms with Crippen molar-refractivity contribution in [1.82, 2.24) is 15.5 Å². The molecular formula is C16H24ClN3O3. The minimum atomic E-state index is -0.549. The van der Waals surface area contributed by atoms with E-state index in [-0.39, 0.29) is 36.9 Å². The molecule has 0 saturated carbocycles. The summed E-state index contributed by atoms with van der Waals surface area (Å²) < 4.78 is 5.37. The number of benzene rings is 1. The lowest BCUT2D eigenvalue weighted by Gasteiger charge is -2.35. The molecule has 0 aromatic heterocycles. The summed E-state index contributed by atoms with van der Waals surface area (Å²) >= 11 is 0. The number of hydrogen-bond donors (Lipinski definition) is 2. The molecule has 0 spiro atoms. The fraction of sp³-hybridized carbons (Fsp3) is 0.500. The number of amides is 2. The van der Waals surface area contributed by atoms with Crippen LogP contribution < -0.4 is 15.4 Å². The van der Waals surface area contributed by atoms with E-state index in [2.05, 4.69) is 10.6 Å². The van der Waals surface area contributed by atoms with Gasteiger partial charge >= 0.3 is 0 Å². The molecule has 2 atom stereocenters. The smallest absolute Gasteiger partial charge is 0.258 e. The summed E-state index contributed by atoms with van der Waals surface area (Å²) in [7, 11) is 0. The molecule has 1 unspecified atom stereocenters. The van der Waals surface area contributed by atoms with Crippen LogP contribution in [0.15, 0.2) is 30.3 Å². The van der Waals surface area contributed by atoms with Gasteiger partial charge in [0.25, 0.3) is 5.91 Å². The molecule has 6 nitrogen and oxygen atoms in total. The molecule has 23 heavy (non-hydrogen) atoms. The van der Waals surface area contributed by atoms with Crippen LogP contribution in [0.4, 0.5) is 0 Å². The molecule has 0 aliphatic carbocycles. The number of carbonyl (C=O) groups excluding carboxylic acids is 2. The van der Waals surface area contributed by atoms with Crippen molar-refractivity contribution in [3.8, 4) is 5.75 Å². The van der Waals surface area contributed by atoms with Crippen molar-refractivity contribution in [3.63, 3.8) is 0 Å². The molecule has 1 fully saturated rings. The van der Waals surface area contributed by atoms with Crippen LogP contribution in [0.3, 0.4) is 0 Å². The van der Waals surface area contributed by atoms with Crippen LogP contribution in [-0.2, 0) is 9.59 Å². The zero-order valence-electron chi connectivity index (χ0n) is 13.5. The number of carbonyl (C=O) groups is 2. The number of nitrogens with zero attached hydrogens (tertiary/aromatic N) is 1. The molecule has 0 radical (unpaired) electrons. The van der Waals surface area contributed by atoms with Crippen molar-refractivity contribution in [2.75, 3.05) is 26.2 Å². The van der Waals surface area contributed by atoms with Crippen molar-refractivity contribution in [2.24, 2.45) is 0 Å².